The van der Waals surface area contributed by atoms with E-state index in [-0.39, 0.29) is 11.7 Å². The number of amides is 1. The highest BCUT2D eigenvalue weighted by Gasteiger charge is 2.07. The summed E-state index contributed by atoms with van der Waals surface area (Å²) in [4.78, 5) is 29.1. The fourth-order valence-corrected chi connectivity index (χ4v) is 2.33. The van der Waals surface area contributed by atoms with Crippen LogP contribution >= 0.6 is 11.8 Å². The lowest BCUT2D eigenvalue weighted by molar-refractivity contribution is -0.113. The zero-order valence-electron chi connectivity index (χ0n) is 12.1. The molecular weight excluding hydrogens is 306 g/mol. The van der Waals surface area contributed by atoms with Crippen LogP contribution < -0.4 is 20.5 Å². The van der Waals surface area contributed by atoms with Crippen LogP contribution in [-0.2, 0) is 4.79 Å². The fraction of sp³-hybridized carbons (Fsp3) is 0.214. The van der Waals surface area contributed by atoms with Crippen molar-refractivity contribution in [3.05, 3.63) is 40.9 Å². The number of H-pyrrole nitrogens is 1. The number of methoxy groups -OCH3 is 2. The average molecular weight is 321 g/mol. The molecule has 1 heterocycles. The average Bonchev–Trinajstić information content (AvgIpc) is 2.52. The molecule has 2 aromatic rings. The van der Waals surface area contributed by atoms with Gasteiger partial charge in [-0.15, -0.1) is 0 Å². The summed E-state index contributed by atoms with van der Waals surface area (Å²) in [5, 5.41) is 3.33. The van der Waals surface area contributed by atoms with E-state index in [1.165, 1.54) is 32.2 Å². The van der Waals surface area contributed by atoms with E-state index >= 15 is 0 Å². The van der Waals surface area contributed by atoms with Crippen molar-refractivity contribution in [1.29, 1.82) is 0 Å². The van der Waals surface area contributed by atoms with Gasteiger partial charge < -0.3 is 19.8 Å². The van der Waals surface area contributed by atoms with Crippen LogP contribution in [0.5, 0.6) is 11.5 Å². The minimum Gasteiger partial charge on any atom is -0.497 e. The molecule has 0 fully saturated rings. The summed E-state index contributed by atoms with van der Waals surface area (Å²) in [6, 6.07) is 6.73. The highest BCUT2D eigenvalue weighted by molar-refractivity contribution is 7.99. The maximum Gasteiger partial charge on any atom is 0.345 e. The first kappa shape index (κ1) is 15.9. The van der Waals surface area contributed by atoms with Crippen molar-refractivity contribution in [3.8, 4) is 11.5 Å². The smallest absolute Gasteiger partial charge is 0.345 e. The van der Waals surface area contributed by atoms with Crippen LogP contribution in [0.3, 0.4) is 0 Å². The van der Waals surface area contributed by atoms with Crippen LogP contribution in [0.1, 0.15) is 0 Å². The van der Waals surface area contributed by atoms with E-state index in [1.807, 2.05) is 0 Å². The molecule has 0 atom stereocenters. The van der Waals surface area contributed by atoms with Crippen LogP contribution in [0.25, 0.3) is 0 Å². The Bertz CT molecular complexity index is 695. The van der Waals surface area contributed by atoms with Gasteiger partial charge in [0.15, 0.2) is 0 Å². The van der Waals surface area contributed by atoms with Crippen molar-refractivity contribution >= 4 is 23.4 Å². The highest BCUT2D eigenvalue weighted by atomic mass is 32.2. The van der Waals surface area contributed by atoms with Gasteiger partial charge in [0.25, 0.3) is 0 Å². The Hall–Kier alpha value is -2.48. The number of nitrogens with one attached hydrogen (secondary N) is 2. The molecule has 7 nitrogen and oxygen atoms in total. The quantitative estimate of drug-likeness (QED) is 0.619. The number of carbonyl (C=O) groups excluding carboxylic acids is 1. The number of aromatic nitrogens is 2. The topological polar surface area (TPSA) is 93.3 Å². The zero-order valence-corrected chi connectivity index (χ0v) is 12.9. The van der Waals surface area contributed by atoms with E-state index in [1.54, 1.807) is 24.3 Å². The molecule has 2 rings (SSSR count). The molecule has 0 aliphatic rings. The molecule has 0 saturated carbocycles. The first-order valence-corrected chi connectivity index (χ1v) is 7.30. The van der Waals surface area contributed by atoms with E-state index in [2.05, 4.69) is 15.3 Å². The number of benzene rings is 1. The van der Waals surface area contributed by atoms with E-state index in [9.17, 15) is 9.59 Å². The number of anilines is 1. The van der Waals surface area contributed by atoms with E-state index in [0.29, 0.717) is 22.2 Å². The number of hydrogen-bond donors (Lipinski definition) is 2. The summed E-state index contributed by atoms with van der Waals surface area (Å²) in [7, 11) is 3.08. The molecule has 0 unspecified atom stereocenters. The molecule has 116 valence electrons. The minimum absolute atomic E-state index is 0.152. The molecule has 22 heavy (non-hydrogen) atoms. The SMILES string of the molecule is COc1cc(NC(=O)CSc2ccnc(=O)[nH]2)cc(OC)c1. The molecule has 1 aromatic carbocycles. The zero-order chi connectivity index (χ0) is 15.9. The molecule has 0 aliphatic heterocycles. The van der Waals surface area contributed by atoms with Gasteiger partial charge in [0, 0.05) is 30.1 Å². The number of rotatable bonds is 6. The first-order valence-electron chi connectivity index (χ1n) is 6.32. The number of ether oxygens (including phenoxy) is 2. The molecule has 0 spiro atoms. The number of carbonyl (C=O) groups is 1. The lowest BCUT2D eigenvalue weighted by atomic mass is 10.2. The molecular formula is C14H15N3O4S. The standard InChI is InChI=1S/C14H15N3O4S/c1-20-10-5-9(6-11(7-10)21-2)16-12(18)8-22-13-3-4-15-14(19)17-13/h3-7H,8H2,1-2H3,(H,16,18)(H,15,17,19). The molecule has 1 aromatic heterocycles. The maximum atomic E-state index is 11.9. The van der Waals surface area contributed by atoms with Gasteiger partial charge in [-0.2, -0.15) is 0 Å². The molecule has 8 heteroatoms. The molecule has 0 saturated heterocycles. The van der Waals surface area contributed by atoms with Crippen molar-refractivity contribution in [2.45, 2.75) is 5.03 Å². The first-order chi connectivity index (χ1) is 10.6. The Labute approximate surface area is 131 Å². The Balaban J connectivity index is 1.98. The summed E-state index contributed by atoms with van der Waals surface area (Å²) >= 11 is 1.21. The van der Waals surface area contributed by atoms with Gasteiger partial charge in [0.05, 0.1) is 25.0 Å². The van der Waals surface area contributed by atoms with Crippen molar-refractivity contribution in [3.63, 3.8) is 0 Å². The Morgan fingerprint density at radius 3 is 2.55 bits per heavy atom. The highest BCUT2D eigenvalue weighted by Crippen LogP contribution is 2.26. The summed E-state index contributed by atoms with van der Waals surface area (Å²) in [6.45, 7) is 0. The predicted molar refractivity (Wildman–Crippen MR) is 83.8 cm³/mol. The lowest BCUT2D eigenvalue weighted by Crippen LogP contribution is -2.15. The second-order valence-electron chi connectivity index (χ2n) is 4.18. The molecule has 1 amide bonds. The second kappa shape index (κ2) is 7.51. The number of thioether (sulfide) groups is 1. The van der Waals surface area contributed by atoms with Gasteiger partial charge in [-0.25, -0.2) is 9.78 Å². The van der Waals surface area contributed by atoms with Crippen LogP contribution in [-0.4, -0.2) is 35.8 Å². The van der Waals surface area contributed by atoms with Crippen LogP contribution in [0, 0.1) is 0 Å². The third kappa shape index (κ3) is 4.52. The van der Waals surface area contributed by atoms with Gasteiger partial charge in [0.1, 0.15) is 11.5 Å². The number of nitrogens with zero attached hydrogens (tertiary/aromatic N) is 1. The van der Waals surface area contributed by atoms with Gasteiger partial charge in [0.2, 0.25) is 5.91 Å². The number of hydrogen-bond acceptors (Lipinski definition) is 6. The molecule has 0 bridgehead atoms. The normalized spacial score (nSPS) is 10.1. The van der Waals surface area contributed by atoms with Crippen LogP contribution in [0.2, 0.25) is 0 Å². The molecule has 0 aliphatic carbocycles. The van der Waals surface area contributed by atoms with Gasteiger partial charge in [-0.3, -0.25) is 4.79 Å². The van der Waals surface area contributed by atoms with Crippen molar-refractivity contribution in [2.24, 2.45) is 0 Å². The van der Waals surface area contributed by atoms with Crippen molar-refractivity contribution < 1.29 is 14.3 Å². The maximum absolute atomic E-state index is 11.9. The van der Waals surface area contributed by atoms with Crippen molar-refractivity contribution in [1.82, 2.24) is 9.97 Å². The minimum atomic E-state index is -0.442. The fourth-order valence-electron chi connectivity index (χ4n) is 1.66. The van der Waals surface area contributed by atoms with Crippen LogP contribution in [0.15, 0.2) is 40.3 Å². The Morgan fingerprint density at radius 2 is 1.95 bits per heavy atom. The molecule has 2 N–H and O–H groups in total. The van der Waals surface area contributed by atoms with E-state index < -0.39 is 5.69 Å². The van der Waals surface area contributed by atoms with E-state index in [0.717, 1.165) is 0 Å². The van der Waals surface area contributed by atoms with Crippen LogP contribution in [0.4, 0.5) is 5.69 Å². The summed E-state index contributed by atoms with van der Waals surface area (Å²) in [6.07, 6.45) is 1.39. The van der Waals surface area contributed by atoms with E-state index in [4.69, 9.17) is 9.47 Å². The molecule has 0 radical (unpaired) electrons. The number of aromatic amines is 1. The Morgan fingerprint density at radius 1 is 1.27 bits per heavy atom. The van der Waals surface area contributed by atoms with Gasteiger partial charge in [-0.05, 0) is 6.07 Å². The van der Waals surface area contributed by atoms with Gasteiger partial charge in [-0.1, -0.05) is 11.8 Å². The van der Waals surface area contributed by atoms with Gasteiger partial charge >= 0.3 is 5.69 Å². The van der Waals surface area contributed by atoms with Crippen molar-refractivity contribution in [2.75, 3.05) is 25.3 Å². The summed E-state index contributed by atoms with van der Waals surface area (Å²) in [5.41, 5.74) is 0.132. The monoisotopic (exact) mass is 321 g/mol. The lowest BCUT2D eigenvalue weighted by Gasteiger charge is -2.09. The predicted octanol–water partition coefficient (Wildman–Crippen LogP) is 1.52. The summed E-state index contributed by atoms with van der Waals surface area (Å²) in [5.74, 6) is 1.11. The third-order valence-electron chi connectivity index (χ3n) is 2.64. The summed E-state index contributed by atoms with van der Waals surface area (Å²) < 4.78 is 10.3. The largest absolute Gasteiger partial charge is 0.497 e. The Kier molecular flexibility index (Phi) is 5.42. The second-order valence-corrected chi connectivity index (χ2v) is 5.19. The third-order valence-corrected chi connectivity index (χ3v) is 3.60.